The molecule has 5 aliphatic rings. The Morgan fingerprint density at radius 1 is 0.734 bits per heavy atom. The van der Waals surface area contributed by atoms with Gasteiger partial charge in [-0.2, -0.15) is 10.2 Å². The van der Waals surface area contributed by atoms with Crippen LogP contribution in [0.4, 0.5) is 11.4 Å². The summed E-state index contributed by atoms with van der Waals surface area (Å²) in [5.74, 6) is 1.86. The summed E-state index contributed by atoms with van der Waals surface area (Å²) in [5.41, 5.74) is 7.76. The number of rotatable bonds is 12. The van der Waals surface area contributed by atoms with Crippen LogP contribution in [0.25, 0.3) is 22.3 Å². The van der Waals surface area contributed by atoms with Crippen LogP contribution in [-0.4, -0.2) is 105 Å². The lowest BCUT2D eigenvalue weighted by Crippen LogP contribution is -2.42. The summed E-state index contributed by atoms with van der Waals surface area (Å²) in [6.07, 6.45) is 16.3. The fourth-order valence-electron chi connectivity index (χ4n) is 9.87. The van der Waals surface area contributed by atoms with Crippen LogP contribution in [-0.2, 0) is 38.6 Å². The molecule has 0 aliphatic carbocycles. The van der Waals surface area contributed by atoms with E-state index in [1.54, 1.807) is 17.8 Å². The van der Waals surface area contributed by atoms with E-state index in [0.29, 0.717) is 45.1 Å². The highest BCUT2D eigenvalue weighted by atomic mass is 16.5. The second kappa shape index (κ2) is 20.0. The highest BCUT2D eigenvalue weighted by Gasteiger charge is 2.33. The van der Waals surface area contributed by atoms with Gasteiger partial charge in [0.2, 0.25) is 23.6 Å². The van der Waals surface area contributed by atoms with Gasteiger partial charge in [0.15, 0.2) is 0 Å². The molecule has 3 saturated heterocycles. The van der Waals surface area contributed by atoms with Crippen molar-refractivity contribution in [3.05, 3.63) is 60.2 Å². The summed E-state index contributed by atoms with van der Waals surface area (Å²) in [5, 5.41) is 27.6. The van der Waals surface area contributed by atoms with Gasteiger partial charge in [0.05, 0.1) is 55.0 Å². The standard InChI is InChI=1S/C25H33N5O3.C23H30N4O4/c1-16-3-5-22-23(30(16)17(2)31)7-6-21(25(22)33-15-19-4-8-24(32)28-19)18-13-27-29(14-18)20-9-11-26-12-10-20;1-3-22(30)27-15(2)4-6-19-20(27)8-7-18(16-12-24-26(13-16)10-11-28)23(19)31-14-17-5-9-21(29)25-17/h6-7,13-14,16,19-20,26H,3-5,8-12,15H2,1-2H3,(H,28,32);7-8,12-13,15,17,28H,3-6,9-11,14H2,1-2H3,(H,25,29)/t16-,19+;15-,17+/m00/s1. The molecular weight excluding hydrogens is 815 g/mol. The van der Waals surface area contributed by atoms with Gasteiger partial charge in [0.25, 0.3) is 0 Å². The van der Waals surface area contributed by atoms with Crippen molar-refractivity contribution >= 4 is 35.0 Å². The number of fused-ring (bicyclic) bond motifs is 2. The minimum absolute atomic E-state index is 0.00999. The number of hydrogen-bond acceptors (Lipinski definition) is 10. The first-order valence-electron chi connectivity index (χ1n) is 23.2. The van der Waals surface area contributed by atoms with Crippen LogP contribution in [0, 0.1) is 0 Å². The van der Waals surface area contributed by atoms with E-state index in [1.165, 1.54) is 0 Å². The maximum atomic E-state index is 12.7. The molecular formula is C48H63N9O7. The highest BCUT2D eigenvalue weighted by molar-refractivity contribution is 5.97. The minimum Gasteiger partial charge on any atom is -0.490 e. The van der Waals surface area contributed by atoms with E-state index in [0.717, 1.165) is 121 Å². The van der Waals surface area contributed by atoms with Crippen LogP contribution >= 0.6 is 0 Å². The third kappa shape index (κ3) is 9.67. The van der Waals surface area contributed by atoms with Crippen LogP contribution in [0.5, 0.6) is 11.5 Å². The molecule has 64 heavy (non-hydrogen) atoms. The van der Waals surface area contributed by atoms with E-state index in [9.17, 15) is 24.3 Å². The molecule has 0 spiro atoms. The Balaban J connectivity index is 0.000000175. The summed E-state index contributed by atoms with van der Waals surface area (Å²) < 4.78 is 16.6. The molecule has 4 atom stereocenters. The average molecular weight is 878 g/mol. The molecule has 4 N–H and O–H groups in total. The van der Waals surface area contributed by atoms with Gasteiger partial charge in [0.1, 0.15) is 24.7 Å². The second-order valence-corrected chi connectivity index (χ2v) is 17.8. The molecule has 342 valence electrons. The van der Waals surface area contributed by atoms with Gasteiger partial charge in [-0.1, -0.05) is 6.92 Å². The number of carbonyl (C=O) groups excluding carboxylic acids is 4. The molecule has 4 amide bonds. The first-order chi connectivity index (χ1) is 31.0. The quantitative estimate of drug-likeness (QED) is 0.149. The van der Waals surface area contributed by atoms with E-state index in [-0.39, 0.29) is 54.4 Å². The van der Waals surface area contributed by atoms with Gasteiger partial charge < -0.3 is 40.3 Å². The van der Waals surface area contributed by atoms with Crippen LogP contribution in [0.1, 0.15) is 103 Å². The number of amides is 4. The largest absolute Gasteiger partial charge is 0.490 e. The van der Waals surface area contributed by atoms with E-state index < -0.39 is 0 Å². The lowest BCUT2D eigenvalue weighted by atomic mass is 9.92. The first-order valence-corrected chi connectivity index (χ1v) is 23.2. The number of benzene rings is 2. The average Bonchev–Trinajstić information content (AvgIpc) is 4.14. The molecule has 5 aliphatic heterocycles. The third-order valence-corrected chi connectivity index (χ3v) is 13.3. The molecule has 2 aromatic heterocycles. The Morgan fingerprint density at radius 2 is 1.28 bits per heavy atom. The van der Waals surface area contributed by atoms with Gasteiger partial charge in [0, 0.05) is 84.0 Å². The minimum atomic E-state index is -0.00999. The van der Waals surface area contributed by atoms with Crippen molar-refractivity contribution in [1.29, 1.82) is 0 Å². The van der Waals surface area contributed by atoms with Gasteiger partial charge in [-0.25, -0.2) is 0 Å². The third-order valence-electron chi connectivity index (χ3n) is 13.3. The Kier molecular flexibility index (Phi) is 14.0. The van der Waals surface area contributed by atoms with Crippen molar-refractivity contribution in [3.8, 4) is 33.8 Å². The number of hydrogen-bond donors (Lipinski definition) is 4. The number of nitrogens with zero attached hydrogens (tertiary/aromatic N) is 6. The molecule has 2 aromatic carbocycles. The van der Waals surface area contributed by atoms with E-state index in [2.05, 4.69) is 56.9 Å². The molecule has 0 unspecified atom stereocenters. The Morgan fingerprint density at radius 3 is 1.81 bits per heavy atom. The van der Waals surface area contributed by atoms with Gasteiger partial charge in [-0.05, 0) is 103 Å². The predicted molar refractivity (Wildman–Crippen MR) is 243 cm³/mol. The number of aliphatic hydroxyl groups excluding tert-OH is 1. The highest BCUT2D eigenvalue weighted by Crippen LogP contribution is 2.45. The topological polar surface area (TPSA) is 185 Å². The van der Waals surface area contributed by atoms with Gasteiger partial charge >= 0.3 is 0 Å². The number of ether oxygens (including phenoxy) is 2. The monoisotopic (exact) mass is 877 g/mol. The molecule has 7 heterocycles. The molecule has 9 rings (SSSR count). The number of aliphatic hydroxyl groups is 1. The Bertz CT molecular complexity index is 2330. The van der Waals surface area contributed by atoms with E-state index in [1.807, 2.05) is 47.3 Å². The van der Waals surface area contributed by atoms with Crippen molar-refractivity contribution in [2.75, 3.05) is 42.7 Å². The molecule has 0 bridgehead atoms. The van der Waals surface area contributed by atoms with Crippen LogP contribution in [0.3, 0.4) is 0 Å². The molecule has 3 fully saturated rings. The van der Waals surface area contributed by atoms with E-state index in [4.69, 9.17) is 9.47 Å². The maximum absolute atomic E-state index is 12.7. The van der Waals surface area contributed by atoms with Gasteiger partial charge in [-0.3, -0.25) is 28.5 Å². The van der Waals surface area contributed by atoms with Crippen LogP contribution in [0.2, 0.25) is 0 Å². The Labute approximate surface area is 375 Å². The number of anilines is 2. The fraction of sp³-hybridized carbons (Fsp3) is 0.542. The molecule has 16 heteroatoms. The zero-order valence-corrected chi connectivity index (χ0v) is 37.6. The van der Waals surface area contributed by atoms with Crippen molar-refractivity contribution < 1.29 is 33.8 Å². The predicted octanol–water partition coefficient (Wildman–Crippen LogP) is 5.10. The fourth-order valence-corrected chi connectivity index (χ4v) is 9.87. The number of aromatic nitrogens is 4. The number of carbonyl (C=O) groups is 4. The van der Waals surface area contributed by atoms with Crippen molar-refractivity contribution in [2.45, 2.75) is 135 Å². The first kappa shape index (κ1) is 44.9. The summed E-state index contributed by atoms with van der Waals surface area (Å²) in [6, 6.07) is 8.80. The maximum Gasteiger partial charge on any atom is 0.226 e. The number of piperidine rings is 1. The van der Waals surface area contributed by atoms with E-state index >= 15 is 0 Å². The van der Waals surface area contributed by atoms with Crippen molar-refractivity contribution in [2.24, 2.45) is 0 Å². The lowest BCUT2D eigenvalue weighted by molar-refractivity contribution is -0.120. The van der Waals surface area contributed by atoms with Crippen molar-refractivity contribution in [3.63, 3.8) is 0 Å². The molecule has 0 radical (unpaired) electrons. The molecule has 4 aromatic rings. The molecule has 16 nitrogen and oxygen atoms in total. The normalized spacial score (nSPS) is 22.0. The SMILES string of the molecule is CC(=O)N1c2ccc(-c3cnn(C4CCNCC4)c3)c(OC[C@H]3CCC(=O)N3)c2CC[C@@H]1C.CCC(=O)N1c2ccc(-c3cnn(CCO)c3)c(OC[C@H]3CCC(=O)N3)c2CC[C@@H]1C. The summed E-state index contributed by atoms with van der Waals surface area (Å²) in [6.45, 7) is 11.0. The van der Waals surface area contributed by atoms with Crippen LogP contribution in [0.15, 0.2) is 49.1 Å². The van der Waals surface area contributed by atoms with Crippen LogP contribution < -0.4 is 35.2 Å². The number of nitrogens with one attached hydrogen (secondary N) is 3. The summed E-state index contributed by atoms with van der Waals surface area (Å²) in [4.78, 5) is 52.2. The second-order valence-electron chi connectivity index (χ2n) is 17.8. The smallest absolute Gasteiger partial charge is 0.226 e. The lowest BCUT2D eigenvalue weighted by Gasteiger charge is -2.36. The van der Waals surface area contributed by atoms with Crippen molar-refractivity contribution in [1.82, 2.24) is 35.5 Å². The Hall–Kier alpha value is -5.74. The summed E-state index contributed by atoms with van der Waals surface area (Å²) >= 11 is 0. The molecule has 0 saturated carbocycles. The zero-order valence-electron chi connectivity index (χ0n) is 37.6. The zero-order chi connectivity index (χ0) is 44.9. The van der Waals surface area contributed by atoms with Gasteiger partial charge in [-0.15, -0.1) is 0 Å². The summed E-state index contributed by atoms with van der Waals surface area (Å²) in [7, 11) is 0.